The predicted molar refractivity (Wildman–Crippen MR) is 64.5 cm³/mol. The second kappa shape index (κ2) is 5.32. The molecule has 1 amide bonds. The van der Waals surface area contributed by atoms with Gasteiger partial charge in [0.1, 0.15) is 6.54 Å². The highest BCUT2D eigenvalue weighted by molar-refractivity contribution is 5.91. The maximum atomic E-state index is 12.0. The van der Waals surface area contributed by atoms with Gasteiger partial charge in [0.25, 0.3) is 5.91 Å². The molecule has 1 N–H and O–H groups in total. The van der Waals surface area contributed by atoms with Crippen LogP contribution in [0, 0.1) is 6.92 Å². The van der Waals surface area contributed by atoms with Gasteiger partial charge in [0.05, 0.1) is 11.9 Å². The van der Waals surface area contributed by atoms with E-state index in [0.717, 1.165) is 5.56 Å². The third kappa shape index (κ3) is 3.56. The van der Waals surface area contributed by atoms with Gasteiger partial charge < -0.3 is 5.32 Å². The summed E-state index contributed by atoms with van der Waals surface area (Å²) in [5, 5.41) is 8.99. The average Bonchev–Trinajstić information content (AvgIpc) is 2.85. The molecule has 0 atom stereocenters. The van der Waals surface area contributed by atoms with Gasteiger partial charge in [0, 0.05) is 0 Å². The van der Waals surface area contributed by atoms with Crippen LogP contribution in [0.1, 0.15) is 16.1 Å². The summed E-state index contributed by atoms with van der Waals surface area (Å²) in [7, 11) is 0. The Balaban J connectivity index is 2.09. The van der Waals surface area contributed by atoms with E-state index in [1.807, 2.05) is 19.1 Å². The predicted octanol–water partition coefficient (Wildman–Crippen LogP) is 1.87. The number of carbonyl (C=O) groups excluding carboxylic acids is 1. The molecule has 5 nitrogen and oxygen atoms in total. The second-order valence-electron chi connectivity index (χ2n) is 4.18. The summed E-state index contributed by atoms with van der Waals surface area (Å²) in [6.07, 6.45) is -3.18. The maximum absolute atomic E-state index is 12.0. The molecule has 0 spiro atoms. The topological polar surface area (TPSA) is 59.8 Å². The minimum absolute atomic E-state index is 0.171. The van der Waals surface area contributed by atoms with Crippen LogP contribution < -0.4 is 5.32 Å². The quantitative estimate of drug-likeness (QED) is 0.936. The lowest BCUT2D eigenvalue weighted by Gasteiger charge is -2.06. The number of rotatable bonds is 3. The number of amides is 1. The molecule has 0 fully saturated rings. The molecule has 0 aliphatic rings. The Labute approximate surface area is 112 Å². The number of halogens is 3. The summed E-state index contributed by atoms with van der Waals surface area (Å²) in [5.74, 6) is -0.916. The van der Waals surface area contributed by atoms with Crippen molar-refractivity contribution >= 4 is 5.91 Å². The fraction of sp³-hybridized carbons (Fsp3) is 0.250. The van der Waals surface area contributed by atoms with Crippen LogP contribution in [0.2, 0.25) is 0 Å². The Bertz CT molecular complexity index is 604. The molecule has 0 aliphatic heterocycles. The van der Waals surface area contributed by atoms with E-state index in [1.165, 1.54) is 10.9 Å². The van der Waals surface area contributed by atoms with E-state index < -0.39 is 18.6 Å². The van der Waals surface area contributed by atoms with Crippen molar-refractivity contribution in [1.82, 2.24) is 20.3 Å². The Hall–Kier alpha value is -2.38. The van der Waals surface area contributed by atoms with Gasteiger partial charge in [-0.2, -0.15) is 13.2 Å². The van der Waals surface area contributed by atoms with E-state index in [1.54, 1.807) is 17.4 Å². The van der Waals surface area contributed by atoms with Crippen molar-refractivity contribution in [3.63, 3.8) is 0 Å². The number of nitrogens with zero attached hydrogens (tertiary/aromatic N) is 3. The molecule has 0 saturated carbocycles. The van der Waals surface area contributed by atoms with Gasteiger partial charge in [0.15, 0.2) is 5.69 Å². The van der Waals surface area contributed by atoms with Crippen LogP contribution in [0.15, 0.2) is 30.5 Å². The summed E-state index contributed by atoms with van der Waals surface area (Å²) < 4.78 is 37.3. The number of aromatic nitrogens is 3. The van der Waals surface area contributed by atoms with E-state index in [-0.39, 0.29) is 5.69 Å². The summed E-state index contributed by atoms with van der Waals surface area (Å²) in [4.78, 5) is 11.5. The van der Waals surface area contributed by atoms with Crippen molar-refractivity contribution in [3.05, 3.63) is 41.7 Å². The van der Waals surface area contributed by atoms with E-state index in [0.29, 0.717) is 5.69 Å². The number of hydrogen-bond donors (Lipinski definition) is 1. The molecule has 2 aromatic rings. The van der Waals surface area contributed by atoms with Crippen LogP contribution in [-0.4, -0.2) is 33.6 Å². The SMILES string of the molecule is Cc1ccc(-n2cc(C(=O)NCC(F)(F)F)nn2)cc1. The number of alkyl halides is 3. The van der Waals surface area contributed by atoms with Crippen LogP contribution in [0.4, 0.5) is 13.2 Å². The van der Waals surface area contributed by atoms with Gasteiger partial charge >= 0.3 is 6.18 Å². The molecule has 0 aliphatic carbocycles. The zero-order valence-corrected chi connectivity index (χ0v) is 10.5. The lowest BCUT2D eigenvalue weighted by Crippen LogP contribution is -2.33. The highest BCUT2D eigenvalue weighted by Crippen LogP contribution is 2.13. The van der Waals surface area contributed by atoms with Gasteiger partial charge in [-0.1, -0.05) is 22.9 Å². The number of benzene rings is 1. The first-order valence-electron chi connectivity index (χ1n) is 5.69. The van der Waals surface area contributed by atoms with E-state index in [9.17, 15) is 18.0 Å². The fourth-order valence-corrected chi connectivity index (χ4v) is 1.46. The highest BCUT2D eigenvalue weighted by Gasteiger charge is 2.28. The molecule has 106 valence electrons. The van der Waals surface area contributed by atoms with E-state index in [2.05, 4.69) is 10.3 Å². The molecule has 1 aromatic heterocycles. The van der Waals surface area contributed by atoms with Gasteiger partial charge in [-0.15, -0.1) is 5.10 Å². The standard InChI is InChI=1S/C12H11F3N4O/c1-8-2-4-9(5-3-8)19-6-10(17-18-19)11(20)16-7-12(13,14)15/h2-6H,7H2,1H3,(H,16,20). The number of aryl methyl sites for hydroxylation is 1. The normalized spacial score (nSPS) is 11.4. The molecule has 8 heteroatoms. The van der Waals surface area contributed by atoms with Crippen molar-refractivity contribution < 1.29 is 18.0 Å². The molecule has 0 unspecified atom stereocenters. The highest BCUT2D eigenvalue weighted by atomic mass is 19.4. The Morgan fingerprint density at radius 2 is 1.95 bits per heavy atom. The zero-order chi connectivity index (χ0) is 14.8. The Kier molecular flexibility index (Phi) is 3.73. The zero-order valence-electron chi connectivity index (χ0n) is 10.5. The van der Waals surface area contributed by atoms with Crippen LogP contribution in [0.25, 0.3) is 5.69 Å². The van der Waals surface area contributed by atoms with Crippen molar-refractivity contribution in [2.75, 3.05) is 6.54 Å². The Morgan fingerprint density at radius 3 is 2.55 bits per heavy atom. The molecule has 1 heterocycles. The van der Waals surface area contributed by atoms with E-state index >= 15 is 0 Å². The molecule has 1 aromatic carbocycles. The first-order chi connectivity index (χ1) is 9.35. The summed E-state index contributed by atoms with van der Waals surface area (Å²) >= 11 is 0. The Morgan fingerprint density at radius 1 is 1.30 bits per heavy atom. The molecule has 0 saturated heterocycles. The van der Waals surface area contributed by atoms with Crippen LogP contribution in [0.3, 0.4) is 0 Å². The number of nitrogens with one attached hydrogen (secondary N) is 1. The third-order valence-electron chi connectivity index (χ3n) is 2.47. The molecular formula is C12H11F3N4O. The number of hydrogen-bond acceptors (Lipinski definition) is 3. The largest absolute Gasteiger partial charge is 0.405 e. The maximum Gasteiger partial charge on any atom is 0.405 e. The minimum atomic E-state index is -4.46. The van der Waals surface area contributed by atoms with Crippen molar-refractivity contribution in [3.8, 4) is 5.69 Å². The summed E-state index contributed by atoms with van der Waals surface area (Å²) in [5.41, 5.74) is 1.55. The van der Waals surface area contributed by atoms with Crippen molar-refractivity contribution in [2.45, 2.75) is 13.1 Å². The van der Waals surface area contributed by atoms with Crippen molar-refractivity contribution in [2.24, 2.45) is 0 Å². The van der Waals surface area contributed by atoms with Gasteiger partial charge in [-0.3, -0.25) is 4.79 Å². The van der Waals surface area contributed by atoms with Crippen LogP contribution >= 0.6 is 0 Å². The molecule has 0 radical (unpaired) electrons. The van der Waals surface area contributed by atoms with Crippen LogP contribution in [0.5, 0.6) is 0 Å². The average molecular weight is 284 g/mol. The van der Waals surface area contributed by atoms with Crippen molar-refractivity contribution in [1.29, 1.82) is 0 Å². The summed E-state index contributed by atoms with van der Waals surface area (Å²) in [6.45, 7) is 0.518. The minimum Gasteiger partial charge on any atom is -0.341 e. The lowest BCUT2D eigenvalue weighted by molar-refractivity contribution is -0.123. The van der Waals surface area contributed by atoms with Gasteiger partial charge in [0.2, 0.25) is 0 Å². The van der Waals surface area contributed by atoms with Gasteiger partial charge in [-0.05, 0) is 19.1 Å². The first kappa shape index (κ1) is 14.0. The summed E-state index contributed by atoms with van der Waals surface area (Å²) in [6, 6.07) is 7.23. The monoisotopic (exact) mass is 284 g/mol. The fourth-order valence-electron chi connectivity index (χ4n) is 1.46. The second-order valence-corrected chi connectivity index (χ2v) is 4.18. The molecule has 0 bridgehead atoms. The smallest absolute Gasteiger partial charge is 0.341 e. The lowest BCUT2D eigenvalue weighted by atomic mass is 10.2. The van der Waals surface area contributed by atoms with Crippen LogP contribution in [-0.2, 0) is 0 Å². The first-order valence-corrected chi connectivity index (χ1v) is 5.69. The molecule has 20 heavy (non-hydrogen) atoms. The van der Waals surface area contributed by atoms with E-state index in [4.69, 9.17) is 0 Å². The third-order valence-corrected chi connectivity index (χ3v) is 2.47. The molecular weight excluding hydrogens is 273 g/mol. The molecule has 2 rings (SSSR count). The van der Waals surface area contributed by atoms with Gasteiger partial charge in [-0.25, -0.2) is 4.68 Å². The number of carbonyl (C=O) groups is 1.